The Morgan fingerprint density at radius 2 is 1.63 bits per heavy atom. The Labute approximate surface area is 174 Å². The standard InChI is InChI=1S/C23H23N3O4/c1-23(2,3)22(30)25-11-10-14-12-15(8-9-18(14)25)24-19(27)13-26-20(28)16-6-4-5-7-17(16)21(26)29/h4-9,12H,10-11,13H2,1-3H3,(H,24,27). The third-order valence-corrected chi connectivity index (χ3v) is 5.33. The normalized spacial score (nSPS) is 15.3. The summed E-state index contributed by atoms with van der Waals surface area (Å²) in [4.78, 5) is 52.7. The Balaban J connectivity index is 1.45. The largest absolute Gasteiger partial charge is 0.325 e. The minimum Gasteiger partial charge on any atom is -0.325 e. The first-order valence-electron chi connectivity index (χ1n) is 9.87. The van der Waals surface area contributed by atoms with Crippen molar-refractivity contribution in [2.24, 2.45) is 5.41 Å². The third-order valence-electron chi connectivity index (χ3n) is 5.33. The summed E-state index contributed by atoms with van der Waals surface area (Å²) < 4.78 is 0. The second-order valence-electron chi connectivity index (χ2n) is 8.59. The fraction of sp³-hybridized carbons (Fsp3) is 0.304. The second-order valence-corrected chi connectivity index (χ2v) is 8.59. The summed E-state index contributed by atoms with van der Waals surface area (Å²) in [5.41, 5.74) is 2.56. The van der Waals surface area contributed by atoms with Crippen LogP contribution in [0.3, 0.4) is 0 Å². The van der Waals surface area contributed by atoms with Gasteiger partial charge in [-0.2, -0.15) is 0 Å². The maximum absolute atomic E-state index is 12.6. The minimum atomic E-state index is -0.471. The average Bonchev–Trinajstić information content (AvgIpc) is 3.21. The molecule has 2 aliphatic rings. The van der Waals surface area contributed by atoms with Crippen LogP contribution in [-0.2, 0) is 16.0 Å². The molecule has 2 aromatic carbocycles. The van der Waals surface area contributed by atoms with Crippen molar-refractivity contribution in [1.82, 2.24) is 4.90 Å². The van der Waals surface area contributed by atoms with Crippen molar-refractivity contribution in [3.05, 3.63) is 59.2 Å². The van der Waals surface area contributed by atoms with Gasteiger partial charge in [-0.15, -0.1) is 0 Å². The Bertz CT molecular complexity index is 1050. The highest BCUT2D eigenvalue weighted by Gasteiger charge is 2.36. The van der Waals surface area contributed by atoms with Crippen LogP contribution in [0.2, 0.25) is 0 Å². The van der Waals surface area contributed by atoms with Crippen LogP contribution in [0, 0.1) is 5.41 Å². The predicted octanol–water partition coefficient (Wildman–Crippen LogP) is 2.86. The van der Waals surface area contributed by atoms with Gasteiger partial charge < -0.3 is 10.2 Å². The molecule has 2 aliphatic heterocycles. The monoisotopic (exact) mass is 405 g/mol. The van der Waals surface area contributed by atoms with Gasteiger partial charge in [-0.25, -0.2) is 0 Å². The van der Waals surface area contributed by atoms with E-state index in [1.165, 1.54) is 0 Å². The van der Waals surface area contributed by atoms with Gasteiger partial charge in [-0.3, -0.25) is 24.1 Å². The van der Waals surface area contributed by atoms with Crippen LogP contribution in [0.1, 0.15) is 47.1 Å². The molecule has 4 rings (SSSR count). The fourth-order valence-corrected chi connectivity index (χ4v) is 3.82. The molecule has 2 aromatic rings. The van der Waals surface area contributed by atoms with Crippen molar-refractivity contribution in [1.29, 1.82) is 0 Å². The maximum atomic E-state index is 12.6. The topological polar surface area (TPSA) is 86.8 Å². The highest BCUT2D eigenvalue weighted by atomic mass is 16.2. The summed E-state index contributed by atoms with van der Waals surface area (Å²) in [6.45, 7) is 5.93. The van der Waals surface area contributed by atoms with Gasteiger partial charge in [-0.05, 0) is 42.3 Å². The predicted molar refractivity (Wildman–Crippen MR) is 112 cm³/mol. The Morgan fingerprint density at radius 3 is 2.23 bits per heavy atom. The average molecular weight is 405 g/mol. The quantitative estimate of drug-likeness (QED) is 0.796. The lowest BCUT2D eigenvalue weighted by Crippen LogP contribution is -2.38. The molecule has 2 heterocycles. The Hall–Kier alpha value is -3.48. The van der Waals surface area contributed by atoms with Crippen molar-refractivity contribution >= 4 is 35.0 Å². The number of rotatable bonds is 3. The number of nitrogens with one attached hydrogen (secondary N) is 1. The zero-order chi connectivity index (χ0) is 21.6. The molecular formula is C23H23N3O4. The van der Waals surface area contributed by atoms with E-state index in [-0.39, 0.29) is 12.5 Å². The lowest BCUT2D eigenvalue weighted by molar-refractivity contribution is -0.125. The first-order chi connectivity index (χ1) is 14.2. The fourth-order valence-electron chi connectivity index (χ4n) is 3.82. The summed E-state index contributed by atoms with van der Waals surface area (Å²) in [5.74, 6) is -1.32. The molecule has 7 nitrogen and oxygen atoms in total. The molecule has 0 spiro atoms. The molecule has 0 atom stereocenters. The molecule has 7 heteroatoms. The number of benzene rings is 2. The third kappa shape index (κ3) is 3.36. The van der Waals surface area contributed by atoms with Crippen molar-refractivity contribution in [3.8, 4) is 0 Å². The second kappa shape index (κ2) is 7.09. The molecule has 0 unspecified atom stereocenters. The van der Waals surface area contributed by atoms with Crippen LogP contribution in [0.4, 0.5) is 11.4 Å². The van der Waals surface area contributed by atoms with E-state index in [9.17, 15) is 19.2 Å². The number of hydrogen-bond acceptors (Lipinski definition) is 4. The van der Waals surface area contributed by atoms with E-state index in [0.29, 0.717) is 29.8 Å². The van der Waals surface area contributed by atoms with Crippen LogP contribution in [0.15, 0.2) is 42.5 Å². The smallest absolute Gasteiger partial charge is 0.262 e. The minimum absolute atomic E-state index is 0.0589. The molecule has 0 aliphatic carbocycles. The number of anilines is 2. The number of nitrogens with zero attached hydrogens (tertiary/aromatic N) is 2. The highest BCUT2D eigenvalue weighted by Crippen LogP contribution is 2.33. The molecule has 0 radical (unpaired) electrons. The number of hydrogen-bond donors (Lipinski definition) is 1. The highest BCUT2D eigenvalue weighted by molar-refractivity contribution is 6.22. The van der Waals surface area contributed by atoms with Crippen molar-refractivity contribution in [2.75, 3.05) is 23.3 Å². The molecule has 1 N–H and O–H groups in total. The lowest BCUT2D eigenvalue weighted by atomic mass is 9.94. The van der Waals surface area contributed by atoms with E-state index >= 15 is 0 Å². The van der Waals surface area contributed by atoms with Gasteiger partial charge >= 0.3 is 0 Å². The van der Waals surface area contributed by atoms with Gasteiger partial charge in [0.1, 0.15) is 6.54 Å². The van der Waals surface area contributed by atoms with Crippen molar-refractivity contribution < 1.29 is 19.2 Å². The van der Waals surface area contributed by atoms with Gasteiger partial charge in [0, 0.05) is 23.3 Å². The summed E-state index contributed by atoms with van der Waals surface area (Å²) in [7, 11) is 0. The molecular weight excluding hydrogens is 382 g/mol. The zero-order valence-electron chi connectivity index (χ0n) is 17.2. The SMILES string of the molecule is CC(C)(C)C(=O)N1CCc2cc(NC(=O)CN3C(=O)c4ccccc4C3=O)ccc21. The first-order valence-corrected chi connectivity index (χ1v) is 9.87. The van der Waals surface area contributed by atoms with E-state index in [0.717, 1.165) is 16.2 Å². The van der Waals surface area contributed by atoms with E-state index in [1.807, 2.05) is 32.9 Å². The molecule has 0 fully saturated rings. The molecule has 154 valence electrons. The van der Waals surface area contributed by atoms with E-state index in [1.54, 1.807) is 35.2 Å². The number of carbonyl (C=O) groups is 4. The summed E-state index contributed by atoms with van der Waals surface area (Å²) in [5, 5.41) is 2.75. The zero-order valence-corrected chi connectivity index (χ0v) is 17.2. The van der Waals surface area contributed by atoms with Crippen molar-refractivity contribution in [2.45, 2.75) is 27.2 Å². The Kier molecular flexibility index (Phi) is 4.68. The lowest BCUT2D eigenvalue weighted by Gasteiger charge is -2.26. The van der Waals surface area contributed by atoms with Crippen LogP contribution >= 0.6 is 0 Å². The van der Waals surface area contributed by atoms with Crippen LogP contribution in [-0.4, -0.2) is 41.6 Å². The van der Waals surface area contributed by atoms with Gasteiger partial charge in [-0.1, -0.05) is 32.9 Å². The van der Waals surface area contributed by atoms with E-state index < -0.39 is 23.1 Å². The molecule has 0 bridgehead atoms. The van der Waals surface area contributed by atoms with Gasteiger partial charge in [0.2, 0.25) is 11.8 Å². The summed E-state index contributed by atoms with van der Waals surface area (Å²) in [6, 6.07) is 11.9. The molecule has 30 heavy (non-hydrogen) atoms. The maximum Gasteiger partial charge on any atom is 0.262 e. The molecule has 0 aromatic heterocycles. The van der Waals surface area contributed by atoms with Gasteiger partial charge in [0.15, 0.2) is 0 Å². The number of fused-ring (bicyclic) bond motifs is 2. The Morgan fingerprint density at radius 1 is 1.00 bits per heavy atom. The molecule has 0 saturated heterocycles. The van der Waals surface area contributed by atoms with E-state index in [2.05, 4.69) is 5.32 Å². The van der Waals surface area contributed by atoms with Crippen LogP contribution < -0.4 is 10.2 Å². The first kappa shape index (κ1) is 19.8. The number of amides is 4. The summed E-state index contributed by atoms with van der Waals surface area (Å²) in [6.07, 6.45) is 0.708. The van der Waals surface area contributed by atoms with E-state index in [4.69, 9.17) is 0 Å². The molecule has 0 saturated carbocycles. The summed E-state index contributed by atoms with van der Waals surface area (Å²) >= 11 is 0. The van der Waals surface area contributed by atoms with Crippen LogP contribution in [0.25, 0.3) is 0 Å². The van der Waals surface area contributed by atoms with Crippen LogP contribution in [0.5, 0.6) is 0 Å². The van der Waals surface area contributed by atoms with Gasteiger partial charge in [0.25, 0.3) is 11.8 Å². The number of imide groups is 1. The van der Waals surface area contributed by atoms with Gasteiger partial charge in [0.05, 0.1) is 11.1 Å². The molecule has 4 amide bonds. The van der Waals surface area contributed by atoms with Crippen molar-refractivity contribution in [3.63, 3.8) is 0 Å². The number of carbonyl (C=O) groups excluding carboxylic acids is 4.